The molecular weight excluding hydrogens is 332 g/mol. The third kappa shape index (κ3) is 4.86. The lowest BCUT2D eigenvalue weighted by Gasteiger charge is -2.12. The molecule has 136 valence electrons. The summed E-state index contributed by atoms with van der Waals surface area (Å²) in [5, 5.41) is 7.08. The van der Waals surface area contributed by atoms with Gasteiger partial charge in [0.1, 0.15) is 0 Å². The number of ether oxygens (including phenoxy) is 2. The monoisotopic (exact) mass is 354 g/mol. The molecule has 0 saturated heterocycles. The van der Waals surface area contributed by atoms with E-state index in [1.807, 2.05) is 48.5 Å². The molecule has 0 heterocycles. The molecule has 0 radical (unpaired) electrons. The second kappa shape index (κ2) is 9.27. The van der Waals surface area contributed by atoms with Crippen molar-refractivity contribution in [2.45, 2.75) is 13.8 Å². The van der Waals surface area contributed by atoms with E-state index in [1.54, 1.807) is 13.8 Å². The van der Waals surface area contributed by atoms with Gasteiger partial charge in [-0.15, -0.1) is 0 Å². The van der Waals surface area contributed by atoms with Crippen molar-refractivity contribution in [1.82, 2.24) is 0 Å². The number of carbonyl (C=O) groups excluding carboxylic acids is 2. The Morgan fingerprint density at radius 2 is 1.38 bits per heavy atom. The summed E-state index contributed by atoms with van der Waals surface area (Å²) >= 11 is 0. The Kier molecular flexibility index (Phi) is 6.79. The first-order valence-electron chi connectivity index (χ1n) is 8.33. The lowest BCUT2D eigenvalue weighted by Crippen LogP contribution is -2.13. The summed E-state index contributed by atoms with van der Waals surface area (Å²) in [6, 6.07) is 18.1. The summed E-state index contributed by atoms with van der Waals surface area (Å²) in [6.45, 7) is 4.20. The van der Waals surface area contributed by atoms with E-state index in [9.17, 15) is 9.59 Å². The van der Waals surface area contributed by atoms with Gasteiger partial charge in [0, 0.05) is 10.8 Å². The number of hydrogen-bond acceptors (Lipinski definition) is 4. The number of anilines is 1. The number of primary amides is 1. The highest BCUT2D eigenvalue weighted by Crippen LogP contribution is 2.32. The number of hydrogen-bond donors (Lipinski definition) is 2. The highest BCUT2D eigenvalue weighted by atomic mass is 16.5. The van der Waals surface area contributed by atoms with Crippen LogP contribution in [0, 0.1) is 0 Å². The molecule has 0 bridgehead atoms. The van der Waals surface area contributed by atoms with Crippen LogP contribution in [-0.4, -0.2) is 25.4 Å². The maximum atomic E-state index is 11.8. The van der Waals surface area contributed by atoms with Gasteiger partial charge < -0.3 is 15.2 Å². The fraction of sp³-hybridized carbons (Fsp3) is 0.200. The number of benzene rings is 3. The van der Waals surface area contributed by atoms with E-state index in [4.69, 9.17) is 4.74 Å². The van der Waals surface area contributed by atoms with Crippen molar-refractivity contribution >= 4 is 39.4 Å². The van der Waals surface area contributed by atoms with Crippen molar-refractivity contribution in [1.29, 1.82) is 0 Å². The lowest BCUT2D eigenvalue weighted by molar-refractivity contribution is 0.163. The van der Waals surface area contributed by atoms with Crippen LogP contribution in [0.15, 0.2) is 54.6 Å². The van der Waals surface area contributed by atoms with Crippen LogP contribution >= 0.6 is 0 Å². The molecular formula is C20H22N2O4. The molecule has 0 saturated carbocycles. The summed E-state index contributed by atoms with van der Waals surface area (Å²) in [5.41, 5.74) is 5.34. The third-order valence-corrected chi connectivity index (χ3v) is 3.56. The molecule has 2 amide bonds. The van der Waals surface area contributed by atoms with Gasteiger partial charge in [-0.1, -0.05) is 48.5 Å². The summed E-state index contributed by atoms with van der Waals surface area (Å²) in [6.07, 6.45) is -1.13. The van der Waals surface area contributed by atoms with Crippen LogP contribution < -0.4 is 11.1 Å². The Balaban J connectivity index is 0.000000352. The van der Waals surface area contributed by atoms with Gasteiger partial charge >= 0.3 is 12.2 Å². The number of nitrogens with one attached hydrogen (secondary N) is 1. The smallest absolute Gasteiger partial charge is 0.411 e. The zero-order valence-electron chi connectivity index (χ0n) is 14.8. The topological polar surface area (TPSA) is 90.7 Å². The Hall–Kier alpha value is -3.28. The van der Waals surface area contributed by atoms with E-state index in [-0.39, 0.29) is 0 Å². The second-order valence-electron chi connectivity index (χ2n) is 5.29. The zero-order chi connectivity index (χ0) is 18.9. The lowest BCUT2D eigenvalue weighted by atomic mass is 10.0. The van der Waals surface area contributed by atoms with Gasteiger partial charge in [0.05, 0.1) is 18.9 Å². The van der Waals surface area contributed by atoms with Crippen LogP contribution in [0.25, 0.3) is 21.5 Å². The summed E-state index contributed by atoms with van der Waals surface area (Å²) in [7, 11) is 0. The van der Waals surface area contributed by atoms with Crippen molar-refractivity contribution in [3.8, 4) is 0 Å². The van der Waals surface area contributed by atoms with Crippen molar-refractivity contribution in [3.63, 3.8) is 0 Å². The number of rotatable bonds is 3. The maximum absolute atomic E-state index is 11.8. The largest absolute Gasteiger partial charge is 0.450 e. The van der Waals surface area contributed by atoms with Crippen molar-refractivity contribution in [3.05, 3.63) is 54.6 Å². The maximum Gasteiger partial charge on any atom is 0.411 e. The van der Waals surface area contributed by atoms with Crippen LogP contribution in [0.5, 0.6) is 0 Å². The van der Waals surface area contributed by atoms with Gasteiger partial charge in [-0.05, 0) is 30.7 Å². The van der Waals surface area contributed by atoms with Crippen LogP contribution in [0.3, 0.4) is 0 Å². The molecule has 0 spiro atoms. The Morgan fingerprint density at radius 3 is 1.81 bits per heavy atom. The van der Waals surface area contributed by atoms with E-state index in [0.29, 0.717) is 13.2 Å². The normalized spacial score (nSPS) is 9.92. The quantitative estimate of drug-likeness (QED) is 0.669. The average molecular weight is 354 g/mol. The van der Waals surface area contributed by atoms with Gasteiger partial charge in [0.2, 0.25) is 0 Å². The Morgan fingerprint density at radius 1 is 0.885 bits per heavy atom. The molecule has 0 aliphatic rings. The fourth-order valence-electron chi connectivity index (χ4n) is 2.56. The summed E-state index contributed by atoms with van der Waals surface area (Å²) in [5.74, 6) is 0. The third-order valence-electron chi connectivity index (χ3n) is 3.56. The molecule has 0 aliphatic heterocycles. The number of carbonyl (C=O) groups is 2. The van der Waals surface area contributed by atoms with Crippen LogP contribution in [0.1, 0.15) is 13.8 Å². The SMILES string of the molecule is CCOC(=O)Nc1c2ccccc2cc2ccccc12.CCOC(N)=O. The highest BCUT2D eigenvalue weighted by Gasteiger charge is 2.10. The summed E-state index contributed by atoms with van der Waals surface area (Å²) in [4.78, 5) is 21.4. The second-order valence-corrected chi connectivity index (χ2v) is 5.29. The minimum atomic E-state index is -0.711. The first-order chi connectivity index (χ1) is 12.6. The number of fused-ring (bicyclic) bond motifs is 2. The van der Waals surface area contributed by atoms with E-state index in [1.165, 1.54) is 0 Å². The molecule has 0 aliphatic carbocycles. The van der Waals surface area contributed by atoms with Gasteiger partial charge in [-0.3, -0.25) is 5.32 Å². The minimum Gasteiger partial charge on any atom is -0.450 e. The van der Waals surface area contributed by atoms with E-state index < -0.39 is 12.2 Å². The Labute approximate surface area is 151 Å². The van der Waals surface area contributed by atoms with E-state index in [0.717, 1.165) is 27.2 Å². The first-order valence-corrected chi connectivity index (χ1v) is 8.33. The van der Waals surface area contributed by atoms with Crippen LogP contribution in [-0.2, 0) is 9.47 Å². The predicted molar refractivity (Wildman–Crippen MR) is 103 cm³/mol. The van der Waals surface area contributed by atoms with Crippen molar-refractivity contribution < 1.29 is 19.1 Å². The molecule has 0 fully saturated rings. The highest BCUT2D eigenvalue weighted by molar-refractivity contribution is 6.14. The van der Waals surface area contributed by atoms with E-state index >= 15 is 0 Å². The van der Waals surface area contributed by atoms with Gasteiger partial charge in [-0.25, -0.2) is 9.59 Å². The van der Waals surface area contributed by atoms with Gasteiger partial charge in [-0.2, -0.15) is 0 Å². The zero-order valence-corrected chi connectivity index (χ0v) is 14.8. The van der Waals surface area contributed by atoms with E-state index in [2.05, 4.69) is 21.9 Å². The molecule has 3 aromatic carbocycles. The molecule has 3 rings (SSSR count). The molecule has 0 unspecified atom stereocenters. The fourth-order valence-corrected chi connectivity index (χ4v) is 2.56. The first kappa shape index (κ1) is 19.1. The molecule has 6 heteroatoms. The molecule has 0 aromatic heterocycles. The van der Waals surface area contributed by atoms with Crippen molar-refractivity contribution in [2.75, 3.05) is 18.5 Å². The summed E-state index contributed by atoms with van der Waals surface area (Å²) < 4.78 is 9.17. The van der Waals surface area contributed by atoms with Crippen LogP contribution in [0.2, 0.25) is 0 Å². The molecule has 3 aromatic rings. The standard InChI is InChI=1S/C17H15NO2.C3H7NO2/c1-2-20-17(19)18-16-14-9-5-3-7-12(14)11-13-8-4-6-10-15(13)16;1-2-6-3(4)5/h3-11H,2H2,1H3,(H,18,19);2H2,1H3,(H2,4,5). The number of amides is 2. The molecule has 6 nitrogen and oxygen atoms in total. The molecule has 0 atom stereocenters. The van der Waals surface area contributed by atoms with Gasteiger partial charge in [0.15, 0.2) is 0 Å². The average Bonchev–Trinajstić information content (AvgIpc) is 2.62. The number of nitrogens with two attached hydrogens (primary N) is 1. The van der Waals surface area contributed by atoms with Crippen LogP contribution in [0.4, 0.5) is 15.3 Å². The van der Waals surface area contributed by atoms with Crippen molar-refractivity contribution in [2.24, 2.45) is 5.73 Å². The van der Waals surface area contributed by atoms with Gasteiger partial charge in [0.25, 0.3) is 0 Å². The molecule has 3 N–H and O–H groups in total. The minimum absolute atomic E-state index is 0.356. The Bertz CT molecular complexity index is 855. The predicted octanol–water partition coefficient (Wildman–Crippen LogP) is 4.66. The molecule has 26 heavy (non-hydrogen) atoms.